The number of carbonyl (C=O) groups excluding carboxylic acids is 1. The molecule has 0 unspecified atom stereocenters. The molecule has 3 nitrogen and oxygen atoms in total. The van der Waals surface area contributed by atoms with Gasteiger partial charge in [0.05, 0.1) is 24.8 Å². The number of hydrogen-bond acceptors (Lipinski definition) is 3. The van der Waals surface area contributed by atoms with E-state index in [1.807, 2.05) is 6.92 Å². The maximum atomic E-state index is 11.3. The van der Waals surface area contributed by atoms with E-state index in [-0.39, 0.29) is 5.97 Å². The van der Waals surface area contributed by atoms with Crippen molar-refractivity contribution in [2.75, 3.05) is 14.2 Å². The van der Waals surface area contributed by atoms with Crippen molar-refractivity contribution in [2.24, 2.45) is 0 Å². The Balaban J connectivity index is 3.26. The van der Waals surface area contributed by atoms with E-state index in [1.54, 1.807) is 12.1 Å². The summed E-state index contributed by atoms with van der Waals surface area (Å²) in [6.07, 6.45) is 0.736. The third kappa shape index (κ3) is 2.42. The van der Waals surface area contributed by atoms with Gasteiger partial charge in [-0.15, -0.1) is 0 Å². The van der Waals surface area contributed by atoms with Crippen molar-refractivity contribution in [2.45, 2.75) is 13.3 Å². The predicted molar refractivity (Wildman–Crippen MR) is 58.7 cm³/mol. The van der Waals surface area contributed by atoms with Crippen LogP contribution in [-0.4, -0.2) is 20.2 Å². The summed E-state index contributed by atoms with van der Waals surface area (Å²) in [6, 6.07) is 3.30. The van der Waals surface area contributed by atoms with E-state index >= 15 is 0 Å². The second-order valence-electron chi connectivity index (χ2n) is 3.00. The lowest BCUT2D eigenvalue weighted by Gasteiger charge is -2.09. The topological polar surface area (TPSA) is 35.5 Å². The molecule has 0 aliphatic rings. The molecule has 1 aromatic rings. The molecule has 0 saturated heterocycles. The monoisotopic (exact) mass is 228 g/mol. The highest BCUT2D eigenvalue weighted by atomic mass is 35.5. The van der Waals surface area contributed by atoms with Gasteiger partial charge in [0.1, 0.15) is 5.75 Å². The van der Waals surface area contributed by atoms with Crippen molar-refractivity contribution in [3.8, 4) is 5.75 Å². The number of rotatable bonds is 3. The van der Waals surface area contributed by atoms with Crippen LogP contribution in [0.2, 0.25) is 5.02 Å². The molecule has 4 heteroatoms. The van der Waals surface area contributed by atoms with Gasteiger partial charge in [-0.1, -0.05) is 18.5 Å². The SMILES string of the molecule is CCc1cc(C(=O)OC)cc(OC)c1Cl. The van der Waals surface area contributed by atoms with Crippen molar-refractivity contribution in [3.63, 3.8) is 0 Å². The Kier molecular flexibility index (Phi) is 3.97. The van der Waals surface area contributed by atoms with Crippen LogP contribution in [0.15, 0.2) is 12.1 Å². The highest BCUT2D eigenvalue weighted by Gasteiger charge is 2.13. The van der Waals surface area contributed by atoms with Crippen molar-refractivity contribution < 1.29 is 14.3 Å². The molecule has 0 amide bonds. The standard InChI is InChI=1S/C11H13ClO3/c1-4-7-5-8(11(13)15-3)6-9(14-2)10(7)12/h5-6H,4H2,1-3H3. The molecule has 0 N–H and O–H groups in total. The number of carbonyl (C=O) groups is 1. The van der Waals surface area contributed by atoms with Crippen LogP contribution in [0.5, 0.6) is 5.75 Å². The van der Waals surface area contributed by atoms with E-state index in [1.165, 1.54) is 14.2 Å². The van der Waals surface area contributed by atoms with Gasteiger partial charge in [-0.05, 0) is 24.1 Å². The zero-order chi connectivity index (χ0) is 11.4. The number of halogens is 1. The number of benzene rings is 1. The van der Waals surface area contributed by atoms with Gasteiger partial charge in [0.2, 0.25) is 0 Å². The largest absolute Gasteiger partial charge is 0.495 e. The fourth-order valence-corrected chi connectivity index (χ4v) is 1.62. The molecule has 82 valence electrons. The fraction of sp³-hybridized carbons (Fsp3) is 0.364. The van der Waals surface area contributed by atoms with E-state index in [2.05, 4.69) is 4.74 Å². The Morgan fingerprint density at radius 3 is 2.53 bits per heavy atom. The molecule has 0 aliphatic carbocycles. The molecule has 0 atom stereocenters. The average Bonchev–Trinajstić information content (AvgIpc) is 2.28. The van der Waals surface area contributed by atoms with Gasteiger partial charge in [0.25, 0.3) is 0 Å². The minimum Gasteiger partial charge on any atom is -0.495 e. The number of hydrogen-bond donors (Lipinski definition) is 0. The molecule has 1 aromatic carbocycles. The minimum absolute atomic E-state index is 0.389. The zero-order valence-electron chi connectivity index (χ0n) is 8.96. The van der Waals surface area contributed by atoms with Gasteiger partial charge in [-0.2, -0.15) is 0 Å². The molecular formula is C11H13ClO3. The van der Waals surface area contributed by atoms with Gasteiger partial charge < -0.3 is 9.47 Å². The highest BCUT2D eigenvalue weighted by molar-refractivity contribution is 6.33. The van der Waals surface area contributed by atoms with Gasteiger partial charge in [0.15, 0.2) is 0 Å². The van der Waals surface area contributed by atoms with E-state index in [0.29, 0.717) is 16.3 Å². The smallest absolute Gasteiger partial charge is 0.337 e. The fourth-order valence-electron chi connectivity index (χ4n) is 1.30. The third-order valence-electron chi connectivity index (χ3n) is 2.14. The summed E-state index contributed by atoms with van der Waals surface area (Å²) in [5.74, 6) is 0.107. The van der Waals surface area contributed by atoms with Crippen LogP contribution in [0.4, 0.5) is 0 Å². The summed E-state index contributed by atoms with van der Waals surface area (Å²) >= 11 is 6.05. The zero-order valence-corrected chi connectivity index (χ0v) is 9.72. The van der Waals surface area contributed by atoms with Crippen molar-refractivity contribution >= 4 is 17.6 Å². The summed E-state index contributed by atoms with van der Waals surface area (Å²) in [4.78, 5) is 11.3. The highest BCUT2D eigenvalue weighted by Crippen LogP contribution is 2.30. The molecule has 0 radical (unpaired) electrons. The maximum absolute atomic E-state index is 11.3. The Morgan fingerprint density at radius 2 is 2.07 bits per heavy atom. The second-order valence-corrected chi connectivity index (χ2v) is 3.37. The first-order valence-electron chi connectivity index (χ1n) is 4.58. The van der Waals surface area contributed by atoms with Crippen LogP contribution in [0.3, 0.4) is 0 Å². The van der Waals surface area contributed by atoms with Crippen LogP contribution >= 0.6 is 11.6 Å². The molecule has 0 heterocycles. The van der Waals surface area contributed by atoms with Crippen LogP contribution in [-0.2, 0) is 11.2 Å². The van der Waals surface area contributed by atoms with E-state index in [4.69, 9.17) is 16.3 Å². The third-order valence-corrected chi connectivity index (χ3v) is 2.57. The molecule has 0 fully saturated rings. The Morgan fingerprint density at radius 1 is 1.40 bits per heavy atom. The van der Waals surface area contributed by atoms with Crippen molar-refractivity contribution in [1.29, 1.82) is 0 Å². The van der Waals surface area contributed by atoms with Gasteiger partial charge >= 0.3 is 5.97 Å². The second kappa shape index (κ2) is 5.03. The predicted octanol–water partition coefficient (Wildman–Crippen LogP) is 2.70. The van der Waals surface area contributed by atoms with Gasteiger partial charge in [-0.25, -0.2) is 4.79 Å². The van der Waals surface area contributed by atoms with Crippen molar-refractivity contribution in [3.05, 3.63) is 28.3 Å². The van der Waals surface area contributed by atoms with Crippen molar-refractivity contribution in [1.82, 2.24) is 0 Å². The van der Waals surface area contributed by atoms with Crippen LogP contribution in [0.25, 0.3) is 0 Å². The summed E-state index contributed by atoms with van der Waals surface area (Å²) in [6.45, 7) is 1.96. The van der Waals surface area contributed by atoms with Crippen LogP contribution < -0.4 is 4.74 Å². The lowest BCUT2D eigenvalue weighted by atomic mass is 10.1. The van der Waals surface area contributed by atoms with Gasteiger partial charge in [0, 0.05) is 0 Å². The molecule has 0 aliphatic heterocycles. The summed E-state index contributed by atoms with van der Waals surface area (Å²) < 4.78 is 9.72. The Hall–Kier alpha value is -1.22. The van der Waals surface area contributed by atoms with Gasteiger partial charge in [-0.3, -0.25) is 0 Å². The van der Waals surface area contributed by atoms with E-state index in [9.17, 15) is 4.79 Å². The molecule has 0 spiro atoms. The first-order valence-corrected chi connectivity index (χ1v) is 4.96. The number of aryl methyl sites for hydroxylation is 1. The Bertz CT molecular complexity index is 349. The quantitative estimate of drug-likeness (QED) is 0.747. The first-order chi connectivity index (χ1) is 7.13. The maximum Gasteiger partial charge on any atom is 0.337 e. The molecule has 1 rings (SSSR count). The lowest BCUT2D eigenvalue weighted by Crippen LogP contribution is -2.03. The number of esters is 1. The van der Waals surface area contributed by atoms with E-state index in [0.717, 1.165) is 12.0 Å². The molecule has 0 bridgehead atoms. The van der Waals surface area contributed by atoms with Crippen LogP contribution in [0, 0.1) is 0 Å². The molecule has 0 aromatic heterocycles. The number of methoxy groups -OCH3 is 2. The molecule has 15 heavy (non-hydrogen) atoms. The average molecular weight is 229 g/mol. The number of ether oxygens (including phenoxy) is 2. The Labute approximate surface area is 93.9 Å². The summed E-state index contributed by atoms with van der Waals surface area (Å²) in [7, 11) is 2.86. The molecular weight excluding hydrogens is 216 g/mol. The van der Waals surface area contributed by atoms with E-state index < -0.39 is 0 Å². The molecule has 0 saturated carbocycles. The minimum atomic E-state index is -0.389. The lowest BCUT2D eigenvalue weighted by molar-refractivity contribution is 0.0600. The first kappa shape index (κ1) is 11.9. The normalized spacial score (nSPS) is 9.87. The summed E-state index contributed by atoms with van der Waals surface area (Å²) in [5, 5.41) is 0.549. The summed E-state index contributed by atoms with van der Waals surface area (Å²) in [5.41, 5.74) is 1.33. The van der Waals surface area contributed by atoms with Crippen LogP contribution in [0.1, 0.15) is 22.8 Å².